The maximum atomic E-state index is 11.3. The maximum absolute atomic E-state index is 11.3. The van der Waals surface area contributed by atoms with Crippen LogP contribution in [-0.4, -0.2) is 28.3 Å². The summed E-state index contributed by atoms with van der Waals surface area (Å²) in [5.41, 5.74) is 0. The fraction of sp³-hybridized carbons (Fsp3) is 0.929. The van der Waals surface area contributed by atoms with E-state index in [0.717, 1.165) is 37.8 Å². The smallest absolute Gasteiger partial charge is 0.195 e. The second kappa shape index (κ2) is 6.50. The lowest BCUT2D eigenvalue weighted by Gasteiger charge is -2.35. The summed E-state index contributed by atoms with van der Waals surface area (Å²) < 4.78 is 0.369. The van der Waals surface area contributed by atoms with Crippen molar-refractivity contribution in [3.05, 3.63) is 0 Å². The van der Waals surface area contributed by atoms with Gasteiger partial charge in [-0.2, -0.15) is 0 Å². The highest BCUT2D eigenvalue weighted by Gasteiger charge is 2.26. The van der Waals surface area contributed by atoms with Gasteiger partial charge in [0.25, 0.3) is 0 Å². The van der Waals surface area contributed by atoms with Crippen molar-refractivity contribution in [3.63, 3.8) is 0 Å². The highest BCUT2D eigenvalue weighted by atomic mass is 127. The van der Waals surface area contributed by atoms with Crippen LogP contribution in [0, 0.1) is 17.8 Å². The van der Waals surface area contributed by atoms with Gasteiger partial charge in [-0.25, -0.2) is 0 Å². The predicted molar refractivity (Wildman–Crippen MR) is 79.3 cm³/mol. The van der Waals surface area contributed by atoms with Crippen LogP contribution in [0.1, 0.15) is 45.4 Å². The van der Waals surface area contributed by atoms with E-state index in [9.17, 15) is 4.79 Å². The average Bonchev–Trinajstić information content (AvgIpc) is 2.33. The summed E-state index contributed by atoms with van der Waals surface area (Å²) in [6, 6.07) is 0. The van der Waals surface area contributed by atoms with E-state index in [1.54, 1.807) is 0 Å². The molecule has 0 spiro atoms. The molecule has 1 heterocycles. The maximum Gasteiger partial charge on any atom is 0.195 e. The quantitative estimate of drug-likeness (QED) is 0.574. The standard InChI is InChI=1S/C14H24INO/c1-11-2-4-12(5-3-11)10-16-8-6-13(7-9-16)14(15)17/h11-13H,2-10H2,1H3. The molecule has 0 radical (unpaired) electrons. The molecule has 98 valence electrons. The van der Waals surface area contributed by atoms with E-state index in [1.807, 2.05) is 22.6 Å². The van der Waals surface area contributed by atoms with Crippen molar-refractivity contribution in [3.8, 4) is 0 Å². The highest BCUT2D eigenvalue weighted by Crippen LogP contribution is 2.30. The molecule has 1 aliphatic carbocycles. The van der Waals surface area contributed by atoms with Crippen LogP contribution in [0.4, 0.5) is 0 Å². The van der Waals surface area contributed by atoms with Gasteiger partial charge in [0.15, 0.2) is 3.79 Å². The van der Waals surface area contributed by atoms with Crippen molar-refractivity contribution >= 4 is 26.4 Å². The number of hydrogen-bond acceptors (Lipinski definition) is 2. The molecule has 0 unspecified atom stereocenters. The molecule has 0 N–H and O–H groups in total. The van der Waals surface area contributed by atoms with E-state index in [1.165, 1.54) is 32.2 Å². The van der Waals surface area contributed by atoms with Crippen molar-refractivity contribution in [1.29, 1.82) is 0 Å². The molecule has 1 saturated carbocycles. The zero-order valence-electron chi connectivity index (χ0n) is 10.8. The second-order valence-corrected chi connectivity index (χ2v) is 7.07. The van der Waals surface area contributed by atoms with Crippen molar-refractivity contribution in [2.24, 2.45) is 17.8 Å². The number of piperidine rings is 1. The third kappa shape index (κ3) is 4.19. The number of carbonyl (C=O) groups excluding carboxylic acids is 1. The second-order valence-electron chi connectivity index (χ2n) is 6.00. The van der Waals surface area contributed by atoms with Crippen LogP contribution in [0.15, 0.2) is 0 Å². The van der Waals surface area contributed by atoms with Crippen molar-refractivity contribution < 1.29 is 4.79 Å². The molecule has 1 saturated heterocycles. The van der Waals surface area contributed by atoms with Gasteiger partial charge in [-0.1, -0.05) is 19.8 Å². The van der Waals surface area contributed by atoms with Gasteiger partial charge in [0.05, 0.1) is 0 Å². The van der Waals surface area contributed by atoms with E-state index >= 15 is 0 Å². The normalized spacial score (nSPS) is 32.6. The highest BCUT2D eigenvalue weighted by molar-refractivity contribution is 14.1. The van der Waals surface area contributed by atoms with Crippen molar-refractivity contribution in [2.75, 3.05) is 19.6 Å². The Labute approximate surface area is 119 Å². The lowest BCUT2D eigenvalue weighted by Crippen LogP contribution is -2.39. The van der Waals surface area contributed by atoms with Gasteiger partial charge in [0.2, 0.25) is 0 Å². The van der Waals surface area contributed by atoms with E-state index in [2.05, 4.69) is 11.8 Å². The molecule has 1 aliphatic heterocycles. The summed E-state index contributed by atoms with van der Waals surface area (Å²) in [6.45, 7) is 5.96. The Morgan fingerprint density at radius 1 is 1.12 bits per heavy atom. The van der Waals surface area contributed by atoms with Crippen LogP contribution in [-0.2, 0) is 4.79 Å². The Morgan fingerprint density at radius 3 is 2.24 bits per heavy atom. The number of halogens is 1. The molecule has 2 nitrogen and oxygen atoms in total. The molecule has 0 amide bonds. The molecule has 2 aliphatic rings. The summed E-state index contributed by atoms with van der Waals surface area (Å²) in [4.78, 5) is 13.9. The van der Waals surface area contributed by atoms with Gasteiger partial charge >= 0.3 is 0 Å². The summed E-state index contributed by atoms with van der Waals surface area (Å²) in [7, 11) is 0. The van der Waals surface area contributed by atoms with Gasteiger partial charge < -0.3 is 4.90 Å². The molecular weight excluding hydrogens is 325 g/mol. The van der Waals surface area contributed by atoms with Gasteiger partial charge in [-0.15, -0.1) is 0 Å². The minimum atomic E-state index is 0.346. The van der Waals surface area contributed by atoms with Crippen LogP contribution in [0.3, 0.4) is 0 Å². The zero-order valence-corrected chi connectivity index (χ0v) is 13.0. The molecule has 0 aromatic rings. The summed E-state index contributed by atoms with van der Waals surface area (Å²) in [5.74, 6) is 2.23. The fourth-order valence-electron chi connectivity index (χ4n) is 3.22. The van der Waals surface area contributed by atoms with Crippen LogP contribution < -0.4 is 0 Å². The molecule has 2 rings (SSSR count). The molecule has 0 aromatic carbocycles. The van der Waals surface area contributed by atoms with E-state index in [4.69, 9.17) is 0 Å². The molecule has 3 heteroatoms. The number of likely N-dealkylation sites (tertiary alicyclic amines) is 1. The van der Waals surface area contributed by atoms with E-state index < -0.39 is 0 Å². The van der Waals surface area contributed by atoms with Gasteiger partial charge in [-0.05, 0) is 73.2 Å². The summed E-state index contributed by atoms with van der Waals surface area (Å²) >= 11 is 1.97. The SMILES string of the molecule is CC1CCC(CN2CCC(C(=O)I)CC2)CC1. The lowest BCUT2D eigenvalue weighted by atomic mass is 9.82. The fourth-order valence-corrected chi connectivity index (χ4v) is 3.84. The third-order valence-electron chi connectivity index (χ3n) is 4.56. The predicted octanol–water partition coefficient (Wildman–Crippen LogP) is 3.49. The largest absolute Gasteiger partial charge is 0.303 e. The van der Waals surface area contributed by atoms with Gasteiger partial charge in [-0.3, -0.25) is 4.79 Å². The van der Waals surface area contributed by atoms with Gasteiger partial charge in [0, 0.05) is 12.5 Å². The summed E-state index contributed by atoms with van der Waals surface area (Å²) in [6.07, 6.45) is 7.87. The molecular formula is C14H24INO. The Bertz CT molecular complexity index is 253. The number of rotatable bonds is 3. The third-order valence-corrected chi connectivity index (χ3v) is 5.44. The molecule has 0 aromatic heterocycles. The lowest BCUT2D eigenvalue weighted by molar-refractivity contribution is -0.114. The molecule has 0 atom stereocenters. The first kappa shape index (κ1) is 13.8. The topological polar surface area (TPSA) is 20.3 Å². The number of carbonyl (C=O) groups is 1. The van der Waals surface area contributed by atoms with Gasteiger partial charge in [0.1, 0.15) is 0 Å². The first-order valence-corrected chi connectivity index (χ1v) is 8.14. The number of hydrogen-bond donors (Lipinski definition) is 0. The Hall–Kier alpha value is 0.360. The Kier molecular flexibility index (Phi) is 5.27. The minimum Gasteiger partial charge on any atom is -0.303 e. The van der Waals surface area contributed by atoms with Crippen molar-refractivity contribution in [2.45, 2.75) is 45.4 Å². The Morgan fingerprint density at radius 2 is 1.71 bits per heavy atom. The first-order chi connectivity index (χ1) is 8.15. The molecule has 0 bridgehead atoms. The minimum absolute atomic E-state index is 0.346. The first-order valence-electron chi connectivity index (χ1n) is 7.07. The Balaban J connectivity index is 1.69. The van der Waals surface area contributed by atoms with Crippen LogP contribution >= 0.6 is 22.6 Å². The van der Waals surface area contributed by atoms with Crippen LogP contribution in [0.25, 0.3) is 0 Å². The van der Waals surface area contributed by atoms with E-state index in [0.29, 0.717) is 9.71 Å². The monoisotopic (exact) mass is 349 g/mol. The zero-order chi connectivity index (χ0) is 12.3. The number of nitrogens with zero attached hydrogens (tertiary/aromatic N) is 1. The van der Waals surface area contributed by atoms with E-state index in [-0.39, 0.29) is 0 Å². The summed E-state index contributed by atoms with van der Waals surface area (Å²) in [5, 5.41) is 0. The van der Waals surface area contributed by atoms with Crippen LogP contribution in [0.2, 0.25) is 0 Å². The average molecular weight is 349 g/mol. The molecule has 2 fully saturated rings. The van der Waals surface area contributed by atoms with Crippen molar-refractivity contribution in [1.82, 2.24) is 4.90 Å². The van der Waals surface area contributed by atoms with Crippen LogP contribution in [0.5, 0.6) is 0 Å². The molecule has 17 heavy (non-hydrogen) atoms.